The van der Waals surface area contributed by atoms with Crippen LogP contribution in [0.25, 0.3) is 11.3 Å². The highest BCUT2D eigenvalue weighted by molar-refractivity contribution is 5.86. The number of hydrogen-bond acceptors (Lipinski definition) is 2. The Morgan fingerprint density at radius 1 is 1.00 bits per heavy atom. The molecule has 0 saturated heterocycles. The summed E-state index contributed by atoms with van der Waals surface area (Å²) in [5.41, 5.74) is -0.751. The minimum absolute atomic E-state index is 0.0329. The number of rotatable bonds is 2. The van der Waals surface area contributed by atoms with E-state index in [1.165, 1.54) is 0 Å². The van der Waals surface area contributed by atoms with E-state index in [0.717, 1.165) is 30.3 Å². The maximum absolute atomic E-state index is 13.5. The van der Waals surface area contributed by atoms with Crippen molar-refractivity contribution >= 4 is 5.97 Å². The molecule has 0 amide bonds. The Bertz CT molecular complexity index is 629. The predicted molar refractivity (Wildman–Crippen MR) is 56.5 cm³/mol. The summed E-state index contributed by atoms with van der Waals surface area (Å²) in [5, 5.41) is 8.73. The highest BCUT2D eigenvalue weighted by atomic mass is 19.2. The number of carboxylic acid groups (broad SMARTS) is 1. The number of pyridine rings is 1. The molecule has 1 heterocycles. The fourth-order valence-corrected chi connectivity index (χ4v) is 1.41. The van der Waals surface area contributed by atoms with Crippen LogP contribution in [0, 0.1) is 17.5 Å². The first-order chi connectivity index (χ1) is 8.49. The van der Waals surface area contributed by atoms with Crippen LogP contribution < -0.4 is 0 Å². The molecule has 92 valence electrons. The van der Waals surface area contributed by atoms with Gasteiger partial charge in [-0.15, -0.1) is 0 Å². The Kier molecular flexibility index (Phi) is 3.01. The van der Waals surface area contributed by atoms with Crippen LogP contribution in [0.4, 0.5) is 13.2 Å². The lowest BCUT2D eigenvalue weighted by Gasteiger charge is -2.04. The van der Waals surface area contributed by atoms with Crippen molar-refractivity contribution in [3.8, 4) is 11.3 Å². The van der Waals surface area contributed by atoms with Crippen LogP contribution in [0.1, 0.15) is 10.5 Å². The van der Waals surface area contributed by atoms with Gasteiger partial charge in [-0.05, 0) is 30.3 Å². The zero-order valence-electron chi connectivity index (χ0n) is 8.82. The van der Waals surface area contributed by atoms with E-state index in [2.05, 4.69) is 4.98 Å². The van der Waals surface area contributed by atoms with Crippen LogP contribution in [0.5, 0.6) is 0 Å². The highest BCUT2D eigenvalue weighted by Crippen LogP contribution is 2.22. The van der Waals surface area contributed by atoms with Crippen LogP contribution in [0.3, 0.4) is 0 Å². The van der Waals surface area contributed by atoms with E-state index in [1.807, 2.05) is 0 Å². The van der Waals surface area contributed by atoms with Gasteiger partial charge in [0.2, 0.25) is 0 Å². The Balaban J connectivity index is 2.58. The summed E-state index contributed by atoms with van der Waals surface area (Å²) in [6.45, 7) is 0. The van der Waals surface area contributed by atoms with Gasteiger partial charge >= 0.3 is 5.97 Å². The summed E-state index contributed by atoms with van der Waals surface area (Å²) in [5.74, 6) is -4.38. The quantitative estimate of drug-likeness (QED) is 0.895. The molecule has 1 aromatic carbocycles. The summed E-state index contributed by atoms with van der Waals surface area (Å²) < 4.78 is 39.2. The third-order valence-corrected chi connectivity index (χ3v) is 2.26. The topological polar surface area (TPSA) is 50.2 Å². The second-order valence-electron chi connectivity index (χ2n) is 3.46. The first-order valence-corrected chi connectivity index (χ1v) is 4.84. The van der Waals surface area contributed by atoms with Crippen LogP contribution in [-0.2, 0) is 0 Å². The van der Waals surface area contributed by atoms with E-state index in [-0.39, 0.29) is 17.0 Å². The highest BCUT2D eigenvalue weighted by Gasteiger charge is 2.13. The van der Waals surface area contributed by atoms with Gasteiger partial charge in [-0.25, -0.2) is 22.9 Å². The molecule has 18 heavy (non-hydrogen) atoms. The Morgan fingerprint density at radius 2 is 1.67 bits per heavy atom. The van der Waals surface area contributed by atoms with Crippen LogP contribution >= 0.6 is 0 Å². The smallest absolute Gasteiger partial charge is 0.354 e. The van der Waals surface area contributed by atoms with Crippen molar-refractivity contribution in [3.63, 3.8) is 0 Å². The summed E-state index contributed by atoms with van der Waals surface area (Å²) in [4.78, 5) is 14.2. The summed E-state index contributed by atoms with van der Waals surface area (Å²) in [6.07, 6.45) is 0. The van der Waals surface area contributed by atoms with E-state index < -0.39 is 23.4 Å². The van der Waals surface area contributed by atoms with Gasteiger partial charge in [0.1, 0.15) is 17.2 Å². The molecule has 0 fully saturated rings. The molecule has 1 aromatic heterocycles. The molecule has 0 atom stereocenters. The summed E-state index contributed by atoms with van der Waals surface area (Å²) >= 11 is 0. The number of carboxylic acids is 1. The summed E-state index contributed by atoms with van der Waals surface area (Å²) in [6, 6.07) is 4.59. The molecule has 2 rings (SSSR count). The molecule has 0 aliphatic carbocycles. The molecule has 3 nitrogen and oxygen atoms in total. The predicted octanol–water partition coefficient (Wildman–Crippen LogP) is 2.86. The number of aromatic nitrogens is 1. The fraction of sp³-hybridized carbons (Fsp3) is 0. The van der Waals surface area contributed by atoms with Crippen molar-refractivity contribution in [2.24, 2.45) is 0 Å². The first-order valence-electron chi connectivity index (χ1n) is 4.84. The molecule has 0 unspecified atom stereocenters. The molecule has 1 N–H and O–H groups in total. The van der Waals surface area contributed by atoms with E-state index >= 15 is 0 Å². The van der Waals surface area contributed by atoms with Gasteiger partial charge in [-0.3, -0.25) is 0 Å². The third-order valence-electron chi connectivity index (χ3n) is 2.26. The fourth-order valence-electron chi connectivity index (χ4n) is 1.41. The number of hydrogen-bond donors (Lipinski definition) is 1. The monoisotopic (exact) mass is 253 g/mol. The number of halogens is 3. The van der Waals surface area contributed by atoms with E-state index in [1.54, 1.807) is 0 Å². The van der Waals surface area contributed by atoms with E-state index in [4.69, 9.17) is 5.11 Å². The van der Waals surface area contributed by atoms with Crippen LogP contribution in [0.2, 0.25) is 0 Å². The third kappa shape index (κ3) is 2.17. The number of benzene rings is 1. The average Bonchev–Trinajstić information content (AvgIpc) is 2.33. The molecule has 0 saturated carbocycles. The SMILES string of the molecule is O=C(O)c1ccc(F)c(-c2ccc(F)c(F)c2)n1. The lowest BCUT2D eigenvalue weighted by molar-refractivity contribution is 0.0690. The van der Waals surface area contributed by atoms with Crippen LogP contribution in [-0.4, -0.2) is 16.1 Å². The largest absolute Gasteiger partial charge is 0.477 e. The molecule has 0 aliphatic heterocycles. The van der Waals surface area contributed by atoms with Gasteiger partial charge in [0, 0.05) is 5.56 Å². The van der Waals surface area contributed by atoms with Gasteiger partial charge in [0.25, 0.3) is 0 Å². The summed E-state index contributed by atoms with van der Waals surface area (Å²) in [7, 11) is 0. The second-order valence-corrected chi connectivity index (χ2v) is 3.46. The van der Waals surface area contributed by atoms with Crippen LogP contribution in [0.15, 0.2) is 30.3 Å². The minimum Gasteiger partial charge on any atom is -0.477 e. The standard InChI is InChI=1S/C12H6F3NO2/c13-7-2-1-6(5-9(7)15)11-8(14)3-4-10(16-11)12(17)18/h1-5H,(H,17,18). The van der Waals surface area contributed by atoms with Crippen molar-refractivity contribution in [3.05, 3.63) is 53.5 Å². The molecular weight excluding hydrogens is 247 g/mol. The molecule has 2 aromatic rings. The molecule has 0 spiro atoms. The second kappa shape index (κ2) is 4.48. The number of carbonyl (C=O) groups is 1. The van der Waals surface area contributed by atoms with Crippen molar-refractivity contribution < 1.29 is 23.1 Å². The van der Waals surface area contributed by atoms with E-state index in [0.29, 0.717) is 0 Å². The molecule has 0 bridgehead atoms. The maximum Gasteiger partial charge on any atom is 0.354 e. The van der Waals surface area contributed by atoms with Crippen molar-refractivity contribution in [2.45, 2.75) is 0 Å². The van der Waals surface area contributed by atoms with Crippen molar-refractivity contribution in [2.75, 3.05) is 0 Å². The lowest BCUT2D eigenvalue weighted by Crippen LogP contribution is -2.02. The van der Waals surface area contributed by atoms with Gasteiger partial charge in [-0.2, -0.15) is 0 Å². The Labute approximate surface area is 99.5 Å². The van der Waals surface area contributed by atoms with Gasteiger partial charge in [0.15, 0.2) is 11.6 Å². The maximum atomic E-state index is 13.5. The minimum atomic E-state index is -1.33. The van der Waals surface area contributed by atoms with Gasteiger partial charge in [0.05, 0.1) is 0 Å². The van der Waals surface area contributed by atoms with E-state index in [9.17, 15) is 18.0 Å². The molecule has 6 heteroatoms. The average molecular weight is 253 g/mol. The van der Waals surface area contributed by atoms with Crippen molar-refractivity contribution in [1.29, 1.82) is 0 Å². The van der Waals surface area contributed by atoms with Gasteiger partial charge in [-0.1, -0.05) is 0 Å². The number of aromatic carboxylic acids is 1. The normalized spacial score (nSPS) is 10.4. The molecule has 0 radical (unpaired) electrons. The first kappa shape index (κ1) is 12.1. The van der Waals surface area contributed by atoms with Crippen molar-refractivity contribution in [1.82, 2.24) is 4.98 Å². The Morgan fingerprint density at radius 3 is 2.28 bits per heavy atom. The zero-order valence-corrected chi connectivity index (χ0v) is 8.82. The number of nitrogens with zero attached hydrogens (tertiary/aromatic N) is 1. The molecule has 0 aliphatic rings. The zero-order chi connectivity index (χ0) is 13.3. The Hall–Kier alpha value is -2.37. The lowest BCUT2D eigenvalue weighted by atomic mass is 10.1. The molecular formula is C12H6F3NO2. The van der Waals surface area contributed by atoms with Gasteiger partial charge < -0.3 is 5.11 Å².